The van der Waals surface area contributed by atoms with Gasteiger partial charge in [0, 0.05) is 51.6 Å². The molecule has 37 heavy (non-hydrogen) atoms. The fraction of sp³-hybridized carbons (Fsp3) is 0.852. The molecule has 10 heteroatoms. The summed E-state index contributed by atoms with van der Waals surface area (Å²) in [7, 11) is 0. The van der Waals surface area contributed by atoms with Crippen LogP contribution in [0, 0.1) is 17.3 Å². The quantitative estimate of drug-likeness (QED) is 0.555. The number of rotatable bonds is 5. The summed E-state index contributed by atoms with van der Waals surface area (Å²) in [6, 6.07) is 0.447. The number of morpholine rings is 1. The molecule has 0 aromatic heterocycles. The molecule has 3 fully saturated rings. The molecule has 2 N–H and O–H groups in total. The third-order valence-electron chi connectivity index (χ3n) is 7.66. The number of piperidine rings is 1. The number of ether oxygens (including phenoxy) is 1. The van der Waals surface area contributed by atoms with E-state index < -0.39 is 6.10 Å². The molecule has 210 valence electrons. The van der Waals surface area contributed by atoms with Crippen LogP contribution in [0.5, 0.6) is 0 Å². The maximum absolute atomic E-state index is 13.4. The Morgan fingerprint density at radius 3 is 2.57 bits per heavy atom. The largest absolute Gasteiger partial charge is 0.365 e. The maximum atomic E-state index is 13.4. The number of carbonyl (C=O) groups is 4. The summed E-state index contributed by atoms with van der Waals surface area (Å²) in [5, 5.41) is 5.85. The van der Waals surface area contributed by atoms with Gasteiger partial charge in [0.1, 0.15) is 0 Å². The van der Waals surface area contributed by atoms with Crippen LogP contribution < -0.4 is 10.6 Å². The van der Waals surface area contributed by atoms with E-state index in [1.165, 1.54) is 4.90 Å². The summed E-state index contributed by atoms with van der Waals surface area (Å²) in [6.07, 6.45) is 1.80. The van der Waals surface area contributed by atoms with Gasteiger partial charge in [-0.15, -0.1) is 0 Å². The van der Waals surface area contributed by atoms with Gasteiger partial charge in [0.2, 0.25) is 17.7 Å². The molecule has 3 aliphatic rings. The van der Waals surface area contributed by atoms with E-state index in [0.29, 0.717) is 44.5 Å². The van der Waals surface area contributed by atoms with Crippen molar-refractivity contribution in [3.63, 3.8) is 0 Å². The highest BCUT2D eigenvalue weighted by Crippen LogP contribution is 2.31. The Hall–Kier alpha value is -2.20. The summed E-state index contributed by atoms with van der Waals surface area (Å²) in [5.74, 6) is 0.0514. The van der Waals surface area contributed by atoms with Crippen LogP contribution >= 0.6 is 0 Å². The van der Waals surface area contributed by atoms with Crippen LogP contribution in [-0.4, -0.2) is 109 Å². The lowest BCUT2D eigenvalue weighted by atomic mass is 9.80. The van der Waals surface area contributed by atoms with Crippen LogP contribution in [0.1, 0.15) is 60.3 Å². The summed E-state index contributed by atoms with van der Waals surface area (Å²) in [6.45, 7) is 14.1. The van der Waals surface area contributed by atoms with Gasteiger partial charge < -0.3 is 30.1 Å². The average molecular weight is 522 g/mol. The van der Waals surface area contributed by atoms with Crippen LogP contribution in [0.25, 0.3) is 0 Å². The second-order valence-corrected chi connectivity index (χ2v) is 12.3. The van der Waals surface area contributed by atoms with Crippen molar-refractivity contribution in [2.45, 2.75) is 72.4 Å². The SMILES string of the molecule is CC(C)N1CC[C@H]2CC(=O)N3CCO[C@@H](C3)C(=O)N(CCNC(=O)CC(C)(C)C)CC(=O)NCC[C@H]2C1. The highest BCUT2D eigenvalue weighted by atomic mass is 16.5. The second kappa shape index (κ2) is 13.0. The number of fused-ring (bicyclic) bond motifs is 3. The highest BCUT2D eigenvalue weighted by Gasteiger charge is 2.36. The Morgan fingerprint density at radius 1 is 1.11 bits per heavy atom. The van der Waals surface area contributed by atoms with Crippen LogP contribution in [0.3, 0.4) is 0 Å². The molecular formula is C27H47N5O5. The van der Waals surface area contributed by atoms with Crippen molar-refractivity contribution < 1.29 is 23.9 Å². The van der Waals surface area contributed by atoms with Gasteiger partial charge in [0.25, 0.3) is 5.91 Å². The molecular weight excluding hydrogens is 474 g/mol. The van der Waals surface area contributed by atoms with E-state index >= 15 is 0 Å². The van der Waals surface area contributed by atoms with E-state index in [9.17, 15) is 19.2 Å². The number of nitrogens with zero attached hydrogens (tertiary/aromatic N) is 3. The highest BCUT2D eigenvalue weighted by molar-refractivity contribution is 5.88. The third kappa shape index (κ3) is 8.95. The Kier molecular flexibility index (Phi) is 10.3. The van der Waals surface area contributed by atoms with Crippen molar-refractivity contribution in [2.24, 2.45) is 17.3 Å². The lowest BCUT2D eigenvalue weighted by molar-refractivity contribution is -0.156. The van der Waals surface area contributed by atoms with Crippen molar-refractivity contribution in [1.82, 2.24) is 25.3 Å². The fourth-order valence-electron chi connectivity index (χ4n) is 5.52. The van der Waals surface area contributed by atoms with Crippen molar-refractivity contribution in [1.29, 1.82) is 0 Å². The van der Waals surface area contributed by atoms with Gasteiger partial charge in [-0.05, 0) is 50.5 Å². The van der Waals surface area contributed by atoms with Crippen molar-refractivity contribution >= 4 is 23.6 Å². The number of carbonyl (C=O) groups excluding carboxylic acids is 4. The predicted octanol–water partition coefficient (Wildman–Crippen LogP) is 0.851. The normalized spacial score (nSPS) is 27.0. The van der Waals surface area contributed by atoms with E-state index in [2.05, 4.69) is 29.4 Å². The van der Waals surface area contributed by atoms with Gasteiger partial charge in [0.15, 0.2) is 6.10 Å². The molecule has 0 unspecified atom stereocenters. The standard InChI is InChI=1S/C27H47N5O5/c1-19(2)30-10-7-20-14-25(35)31-12-13-37-22(17-31)26(36)32(11-9-29-23(33)15-27(3,4)5)18-24(34)28-8-6-21(20)16-30/h19-22H,6-18H2,1-5H3,(H,28,34)(H,29,33)/t20-,21-,22-/m0/s1. The Bertz CT molecular complexity index is 826. The molecule has 2 bridgehead atoms. The molecule has 0 radical (unpaired) electrons. The van der Waals surface area contributed by atoms with E-state index in [4.69, 9.17) is 4.74 Å². The van der Waals surface area contributed by atoms with Crippen molar-refractivity contribution in [3.05, 3.63) is 0 Å². The zero-order chi connectivity index (χ0) is 27.2. The van der Waals surface area contributed by atoms with Crippen LogP contribution in [0.2, 0.25) is 0 Å². The first-order chi connectivity index (χ1) is 17.4. The fourth-order valence-corrected chi connectivity index (χ4v) is 5.52. The first-order valence-electron chi connectivity index (χ1n) is 13.9. The van der Waals surface area contributed by atoms with E-state index in [1.54, 1.807) is 4.90 Å². The van der Waals surface area contributed by atoms with Gasteiger partial charge in [-0.3, -0.25) is 19.2 Å². The van der Waals surface area contributed by atoms with Gasteiger partial charge in [-0.1, -0.05) is 20.8 Å². The number of amides is 4. The lowest BCUT2D eigenvalue weighted by Crippen LogP contribution is -2.55. The van der Waals surface area contributed by atoms with Gasteiger partial charge in [0.05, 0.1) is 19.7 Å². The molecule has 3 saturated heterocycles. The lowest BCUT2D eigenvalue weighted by Gasteiger charge is -2.42. The monoisotopic (exact) mass is 521 g/mol. The first-order valence-corrected chi connectivity index (χ1v) is 13.9. The zero-order valence-electron chi connectivity index (χ0n) is 23.4. The molecule has 10 nitrogen and oxygen atoms in total. The molecule has 0 aliphatic carbocycles. The summed E-state index contributed by atoms with van der Waals surface area (Å²) in [4.78, 5) is 57.4. The van der Waals surface area contributed by atoms with Crippen LogP contribution in [0.4, 0.5) is 0 Å². The van der Waals surface area contributed by atoms with E-state index in [-0.39, 0.29) is 61.1 Å². The molecule has 3 aliphatic heterocycles. The summed E-state index contributed by atoms with van der Waals surface area (Å²) < 4.78 is 5.76. The number of nitrogens with one attached hydrogen (secondary N) is 2. The molecule has 3 rings (SSSR count). The van der Waals surface area contributed by atoms with Gasteiger partial charge in [-0.25, -0.2) is 0 Å². The molecule has 0 spiro atoms. The Balaban J connectivity index is 1.70. The molecule has 3 heterocycles. The molecule has 4 amide bonds. The maximum Gasteiger partial charge on any atom is 0.254 e. The van der Waals surface area contributed by atoms with E-state index in [1.807, 2.05) is 20.8 Å². The minimum absolute atomic E-state index is 0.0798. The number of hydrogen-bond acceptors (Lipinski definition) is 6. The summed E-state index contributed by atoms with van der Waals surface area (Å²) in [5.41, 5.74) is -0.139. The van der Waals surface area contributed by atoms with Crippen LogP contribution in [-0.2, 0) is 23.9 Å². The number of hydrogen-bond donors (Lipinski definition) is 2. The molecule has 0 aromatic carbocycles. The topological polar surface area (TPSA) is 111 Å². The van der Waals surface area contributed by atoms with Crippen molar-refractivity contribution in [2.75, 3.05) is 59.0 Å². The van der Waals surface area contributed by atoms with Crippen LogP contribution in [0.15, 0.2) is 0 Å². The average Bonchev–Trinajstić information content (AvgIpc) is 2.82. The van der Waals surface area contributed by atoms with Crippen molar-refractivity contribution in [3.8, 4) is 0 Å². The smallest absolute Gasteiger partial charge is 0.254 e. The first kappa shape index (κ1) is 29.4. The second-order valence-electron chi connectivity index (χ2n) is 12.3. The molecule has 3 atom stereocenters. The van der Waals surface area contributed by atoms with Gasteiger partial charge in [-0.2, -0.15) is 0 Å². The predicted molar refractivity (Wildman–Crippen MR) is 141 cm³/mol. The number of likely N-dealkylation sites (tertiary alicyclic amines) is 1. The molecule has 0 aromatic rings. The minimum atomic E-state index is -0.808. The third-order valence-corrected chi connectivity index (χ3v) is 7.66. The summed E-state index contributed by atoms with van der Waals surface area (Å²) >= 11 is 0. The Labute approximate surface area is 221 Å². The van der Waals surface area contributed by atoms with E-state index in [0.717, 1.165) is 25.9 Å². The zero-order valence-corrected chi connectivity index (χ0v) is 23.4. The van der Waals surface area contributed by atoms with Gasteiger partial charge >= 0.3 is 0 Å². The minimum Gasteiger partial charge on any atom is -0.365 e. The Morgan fingerprint density at radius 2 is 1.86 bits per heavy atom. The molecule has 0 saturated carbocycles.